The molecule has 0 aromatic heterocycles. The summed E-state index contributed by atoms with van der Waals surface area (Å²) in [6.07, 6.45) is 0. The maximum atomic E-state index is 12.5. The van der Waals surface area contributed by atoms with Gasteiger partial charge >= 0.3 is 0 Å². The van der Waals surface area contributed by atoms with Crippen LogP contribution in [0.5, 0.6) is 0 Å². The van der Waals surface area contributed by atoms with Crippen LogP contribution in [0.3, 0.4) is 0 Å². The second-order valence-corrected chi connectivity index (χ2v) is 7.21. The summed E-state index contributed by atoms with van der Waals surface area (Å²) in [5.41, 5.74) is 4.01. The van der Waals surface area contributed by atoms with E-state index in [0.29, 0.717) is 5.75 Å². The molecule has 0 bridgehead atoms. The first-order valence-corrected chi connectivity index (χ1v) is 8.65. The van der Waals surface area contributed by atoms with E-state index in [0.717, 1.165) is 22.4 Å². The van der Waals surface area contributed by atoms with Gasteiger partial charge in [0.25, 0.3) is 0 Å². The molecule has 2 aromatic carbocycles. The van der Waals surface area contributed by atoms with Crippen molar-refractivity contribution in [3.05, 3.63) is 65.2 Å². The molecule has 0 spiro atoms. The molecule has 116 valence electrons. The van der Waals surface area contributed by atoms with Crippen molar-refractivity contribution < 1.29 is 9.00 Å². The third kappa shape index (κ3) is 4.28. The lowest BCUT2D eigenvalue weighted by Gasteiger charge is -2.13. The van der Waals surface area contributed by atoms with E-state index in [-0.39, 0.29) is 5.91 Å². The van der Waals surface area contributed by atoms with Gasteiger partial charge in [0.1, 0.15) is 5.25 Å². The Labute approximate surface area is 134 Å². The number of carbonyl (C=O) groups excluding carboxylic acids is 1. The molecule has 2 atom stereocenters. The summed E-state index contributed by atoms with van der Waals surface area (Å²) in [5, 5.41) is 2.25. The van der Waals surface area contributed by atoms with Crippen LogP contribution in [0.4, 0.5) is 5.69 Å². The molecule has 2 aromatic rings. The summed E-state index contributed by atoms with van der Waals surface area (Å²) in [7, 11) is -1.25. The topological polar surface area (TPSA) is 46.2 Å². The van der Waals surface area contributed by atoms with Crippen LogP contribution in [0.25, 0.3) is 0 Å². The monoisotopic (exact) mass is 315 g/mol. The predicted molar refractivity (Wildman–Crippen MR) is 92.3 cm³/mol. The summed E-state index contributed by atoms with van der Waals surface area (Å²) in [5.74, 6) is 0.187. The molecule has 0 aliphatic carbocycles. The zero-order valence-electron chi connectivity index (χ0n) is 13.1. The van der Waals surface area contributed by atoms with E-state index in [2.05, 4.69) is 5.32 Å². The molecule has 1 N–H and O–H groups in total. The number of para-hydroxylation sites is 1. The van der Waals surface area contributed by atoms with Crippen molar-refractivity contribution in [3.63, 3.8) is 0 Å². The van der Waals surface area contributed by atoms with E-state index in [1.54, 1.807) is 6.92 Å². The second-order valence-electron chi connectivity index (χ2n) is 5.45. The molecule has 0 fully saturated rings. The maximum absolute atomic E-state index is 12.5. The minimum absolute atomic E-state index is 0.213. The highest BCUT2D eigenvalue weighted by molar-refractivity contribution is 7.85. The van der Waals surface area contributed by atoms with Gasteiger partial charge in [-0.1, -0.05) is 42.0 Å². The van der Waals surface area contributed by atoms with E-state index in [9.17, 15) is 9.00 Å². The largest absolute Gasteiger partial charge is 0.325 e. The molecule has 1 amide bonds. The highest BCUT2D eigenvalue weighted by atomic mass is 32.2. The first kappa shape index (κ1) is 16.4. The molecule has 0 aliphatic heterocycles. The van der Waals surface area contributed by atoms with Crippen LogP contribution in [-0.2, 0) is 21.3 Å². The van der Waals surface area contributed by atoms with E-state index >= 15 is 0 Å². The molecule has 0 aliphatic rings. The average Bonchev–Trinajstić information content (AvgIpc) is 2.51. The van der Waals surface area contributed by atoms with Gasteiger partial charge in [-0.15, -0.1) is 0 Å². The van der Waals surface area contributed by atoms with Crippen LogP contribution in [0.2, 0.25) is 0 Å². The van der Waals surface area contributed by atoms with Gasteiger partial charge in [-0.2, -0.15) is 0 Å². The van der Waals surface area contributed by atoms with Gasteiger partial charge in [-0.05, 0) is 44.0 Å². The lowest BCUT2D eigenvalue weighted by molar-refractivity contribution is -0.115. The fraction of sp³-hybridized carbons (Fsp3) is 0.278. The molecular weight excluding hydrogens is 294 g/mol. The molecule has 4 heteroatoms. The van der Waals surface area contributed by atoms with E-state index in [1.165, 1.54) is 0 Å². The zero-order valence-corrected chi connectivity index (χ0v) is 13.9. The Morgan fingerprint density at radius 1 is 1.14 bits per heavy atom. The summed E-state index contributed by atoms with van der Waals surface area (Å²) in [4.78, 5) is 12.2. The minimum Gasteiger partial charge on any atom is -0.325 e. The Kier molecular flexibility index (Phi) is 5.50. The number of hydrogen-bond donors (Lipinski definition) is 1. The van der Waals surface area contributed by atoms with Crippen molar-refractivity contribution in [3.8, 4) is 0 Å². The van der Waals surface area contributed by atoms with E-state index in [4.69, 9.17) is 0 Å². The fourth-order valence-corrected chi connectivity index (χ4v) is 3.28. The van der Waals surface area contributed by atoms with Crippen LogP contribution >= 0.6 is 0 Å². The summed E-state index contributed by atoms with van der Waals surface area (Å²) in [6.45, 7) is 5.72. The van der Waals surface area contributed by atoms with Crippen LogP contribution in [0.1, 0.15) is 23.6 Å². The normalized spacial score (nSPS) is 13.4. The lowest BCUT2D eigenvalue weighted by atomic mass is 10.1. The van der Waals surface area contributed by atoms with Crippen molar-refractivity contribution in [1.82, 2.24) is 0 Å². The molecule has 0 saturated heterocycles. The highest BCUT2D eigenvalue weighted by Crippen LogP contribution is 2.15. The fourth-order valence-electron chi connectivity index (χ4n) is 2.12. The SMILES string of the molecule is Cc1ccc(C)c(C[S@@](=O)[C@@H](C)C(=O)Nc2ccccc2)c1. The van der Waals surface area contributed by atoms with Crippen LogP contribution in [0, 0.1) is 13.8 Å². The minimum atomic E-state index is -1.25. The van der Waals surface area contributed by atoms with Crippen LogP contribution < -0.4 is 5.32 Å². The van der Waals surface area contributed by atoms with Crippen LogP contribution in [0.15, 0.2) is 48.5 Å². The summed E-state index contributed by atoms with van der Waals surface area (Å²) in [6, 6.07) is 15.3. The molecular formula is C18H21NO2S. The first-order chi connectivity index (χ1) is 10.5. The standard InChI is InChI=1S/C18H21NO2S/c1-13-9-10-14(2)16(11-13)12-22(21)15(3)18(20)19-17-7-5-4-6-8-17/h4-11,15H,12H2,1-3H3,(H,19,20)/t15-,22+/m0/s1. The number of aryl methyl sites for hydroxylation is 2. The quantitative estimate of drug-likeness (QED) is 0.916. The lowest BCUT2D eigenvalue weighted by Crippen LogP contribution is -2.29. The Morgan fingerprint density at radius 3 is 2.50 bits per heavy atom. The number of carbonyl (C=O) groups is 1. The zero-order chi connectivity index (χ0) is 16.1. The molecule has 2 rings (SSSR count). The molecule has 22 heavy (non-hydrogen) atoms. The Balaban J connectivity index is 2.02. The van der Waals surface area contributed by atoms with Gasteiger partial charge < -0.3 is 5.32 Å². The molecule has 0 saturated carbocycles. The van der Waals surface area contributed by atoms with E-state index < -0.39 is 16.0 Å². The van der Waals surface area contributed by atoms with Gasteiger partial charge in [0.2, 0.25) is 5.91 Å². The first-order valence-electron chi connectivity index (χ1n) is 7.26. The number of rotatable bonds is 5. The predicted octanol–water partition coefficient (Wildman–Crippen LogP) is 3.58. The van der Waals surface area contributed by atoms with Crippen molar-refractivity contribution in [2.24, 2.45) is 0 Å². The van der Waals surface area contributed by atoms with Gasteiger partial charge in [0, 0.05) is 22.2 Å². The van der Waals surface area contributed by atoms with Crippen molar-refractivity contribution >= 4 is 22.4 Å². The van der Waals surface area contributed by atoms with Crippen molar-refractivity contribution in [2.75, 3.05) is 5.32 Å². The Bertz CT molecular complexity index is 683. The molecule has 0 unspecified atom stereocenters. The second kappa shape index (κ2) is 7.36. The highest BCUT2D eigenvalue weighted by Gasteiger charge is 2.20. The smallest absolute Gasteiger partial charge is 0.239 e. The average molecular weight is 315 g/mol. The summed E-state index contributed by atoms with van der Waals surface area (Å²) < 4.78 is 12.5. The number of amides is 1. The Hall–Kier alpha value is -1.94. The third-order valence-corrected chi connectivity index (χ3v) is 5.21. The number of nitrogens with one attached hydrogen (secondary N) is 1. The van der Waals surface area contributed by atoms with Gasteiger partial charge in [-0.3, -0.25) is 9.00 Å². The van der Waals surface area contributed by atoms with Crippen molar-refractivity contribution in [2.45, 2.75) is 31.8 Å². The number of benzene rings is 2. The third-order valence-electron chi connectivity index (χ3n) is 3.61. The van der Waals surface area contributed by atoms with E-state index in [1.807, 2.05) is 62.4 Å². The number of anilines is 1. The maximum Gasteiger partial charge on any atom is 0.239 e. The number of hydrogen-bond acceptors (Lipinski definition) is 2. The summed E-state index contributed by atoms with van der Waals surface area (Å²) >= 11 is 0. The van der Waals surface area contributed by atoms with Crippen LogP contribution in [-0.4, -0.2) is 15.4 Å². The van der Waals surface area contributed by atoms with Gasteiger partial charge in [-0.25, -0.2) is 0 Å². The van der Waals surface area contributed by atoms with Gasteiger partial charge in [0.15, 0.2) is 0 Å². The van der Waals surface area contributed by atoms with Gasteiger partial charge in [0.05, 0.1) is 0 Å². The molecule has 0 heterocycles. The molecule has 0 radical (unpaired) electrons. The molecule has 3 nitrogen and oxygen atoms in total. The Morgan fingerprint density at radius 2 is 1.82 bits per heavy atom. The van der Waals surface area contributed by atoms with Crippen molar-refractivity contribution in [1.29, 1.82) is 0 Å².